The van der Waals surface area contributed by atoms with E-state index in [4.69, 9.17) is 39.5 Å². The maximum absolute atomic E-state index is 11.7. The molecule has 0 fully saturated rings. The highest BCUT2D eigenvalue weighted by Gasteiger charge is 2.24. The third-order valence-electron chi connectivity index (χ3n) is 1.47. The third-order valence-corrected chi connectivity index (χ3v) is 2.41. The molecule has 0 saturated heterocycles. The van der Waals surface area contributed by atoms with E-state index < -0.39 is 21.3 Å². The van der Waals surface area contributed by atoms with Crippen LogP contribution in [0.15, 0.2) is 21.4 Å². The number of halogens is 3. The number of allylic oxidation sites excluding steroid dienone is 1. The molecule has 7 heteroatoms. The zero-order valence-corrected chi connectivity index (χ0v) is 11.5. The van der Waals surface area contributed by atoms with E-state index >= 15 is 0 Å². The Hall–Kier alpha value is -0.710. The van der Waals surface area contributed by atoms with Gasteiger partial charge in [0.1, 0.15) is 21.4 Å². The summed E-state index contributed by atoms with van der Waals surface area (Å²) in [6, 6.07) is 0. The van der Waals surface area contributed by atoms with Crippen LogP contribution >= 0.6 is 34.8 Å². The van der Waals surface area contributed by atoms with Crippen LogP contribution in [0.25, 0.3) is 0 Å². The van der Waals surface area contributed by atoms with Gasteiger partial charge < -0.3 is 9.47 Å². The van der Waals surface area contributed by atoms with Crippen molar-refractivity contribution in [2.24, 2.45) is 0 Å². The highest BCUT2D eigenvalue weighted by Crippen LogP contribution is 2.22. The predicted octanol–water partition coefficient (Wildman–Crippen LogP) is 2.92. The van der Waals surface area contributed by atoms with Crippen molar-refractivity contribution in [3.05, 3.63) is 21.4 Å². The molecule has 96 valence electrons. The minimum Gasteiger partial charge on any atom is -0.500 e. The quantitative estimate of drug-likeness (QED) is 0.249. The van der Waals surface area contributed by atoms with E-state index in [2.05, 4.69) is 4.74 Å². The molecule has 0 aliphatic heterocycles. The first kappa shape index (κ1) is 16.3. The van der Waals surface area contributed by atoms with Gasteiger partial charge in [0.05, 0.1) is 13.2 Å². The molecule has 0 heterocycles. The standard InChI is InChI=1S/C10H11Cl3O4/c1-3-16-5-6(10(15)17-4-2)8(14)7(11)9(12)13/h5H,3-4H2,1-2H3. The molecule has 0 amide bonds. The number of hydrogen-bond donors (Lipinski definition) is 0. The molecule has 0 unspecified atom stereocenters. The smallest absolute Gasteiger partial charge is 0.345 e. The SMILES string of the molecule is CCOC=C(C(=O)OCC)C(=O)C(Cl)=C(Cl)Cl. The summed E-state index contributed by atoms with van der Waals surface area (Å²) in [4.78, 5) is 23.2. The van der Waals surface area contributed by atoms with Crippen molar-refractivity contribution >= 4 is 46.6 Å². The van der Waals surface area contributed by atoms with Gasteiger partial charge in [-0.25, -0.2) is 4.79 Å². The summed E-state index contributed by atoms with van der Waals surface area (Å²) in [5.74, 6) is -1.70. The number of rotatable bonds is 6. The molecule has 0 N–H and O–H groups in total. The van der Waals surface area contributed by atoms with Crippen molar-refractivity contribution in [2.75, 3.05) is 13.2 Å². The molecule has 0 aromatic rings. The highest BCUT2D eigenvalue weighted by atomic mass is 35.5. The van der Waals surface area contributed by atoms with Gasteiger partial charge in [-0.2, -0.15) is 0 Å². The van der Waals surface area contributed by atoms with Crippen molar-refractivity contribution in [3.8, 4) is 0 Å². The van der Waals surface area contributed by atoms with Crippen LogP contribution in [0.4, 0.5) is 0 Å². The van der Waals surface area contributed by atoms with Gasteiger partial charge in [-0.05, 0) is 13.8 Å². The van der Waals surface area contributed by atoms with Gasteiger partial charge in [0.2, 0.25) is 5.78 Å². The second-order valence-electron chi connectivity index (χ2n) is 2.61. The van der Waals surface area contributed by atoms with Gasteiger partial charge >= 0.3 is 5.97 Å². The fraction of sp³-hybridized carbons (Fsp3) is 0.400. The molecule has 0 radical (unpaired) electrons. The molecule has 0 aromatic heterocycles. The molecule has 0 aliphatic rings. The Morgan fingerprint density at radius 2 is 1.71 bits per heavy atom. The minimum atomic E-state index is -0.849. The average molecular weight is 302 g/mol. The first-order valence-corrected chi connectivity index (χ1v) is 5.83. The zero-order valence-electron chi connectivity index (χ0n) is 9.26. The van der Waals surface area contributed by atoms with E-state index in [1.165, 1.54) is 0 Å². The molecular weight excluding hydrogens is 290 g/mol. The van der Waals surface area contributed by atoms with Gasteiger partial charge in [0.15, 0.2) is 0 Å². The lowest BCUT2D eigenvalue weighted by atomic mass is 10.2. The number of Topliss-reactive ketones (excluding diaryl/α,β-unsaturated/α-hetero) is 1. The van der Waals surface area contributed by atoms with Crippen molar-refractivity contribution in [1.29, 1.82) is 0 Å². The van der Waals surface area contributed by atoms with E-state index in [1.807, 2.05) is 0 Å². The van der Waals surface area contributed by atoms with Crippen LogP contribution in [0.3, 0.4) is 0 Å². The fourth-order valence-electron chi connectivity index (χ4n) is 0.774. The van der Waals surface area contributed by atoms with Crippen molar-refractivity contribution < 1.29 is 19.1 Å². The first-order valence-electron chi connectivity index (χ1n) is 4.70. The van der Waals surface area contributed by atoms with Crippen molar-refractivity contribution in [1.82, 2.24) is 0 Å². The molecule has 4 nitrogen and oxygen atoms in total. The van der Waals surface area contributed by atoms with Crippen molar-refractivity contribution in [3.63, 3.8) is 0 Å². The monoisotopic (exact) mass is 300 g/mol. The maximum Gasteiger partial charge on any atom is 0.345 e. The van der Waals surface area contributed by atoms with Gasteiger partial charge in [-0.15, -0.1) is 0 Å². The zero-order chi connectivity index (χ0) is 13.4. The van der Waals surface area contributed by atoms with Crippen LogP contribution in [-0.4, -0.2) is 25.0 Å². The number of carbonyl (C=O) groups excluding carboxylic acids is 2. The Kier molecular flexibility index (Phi) is 8.04. The van der Waals surface area contributed by atoms with Gasteiger partial charge in [-0.1, -0.05) is 34.8 Å². The lowest BCUT2D eigenvalue weighted by Crippen LogP contribution is -2.17. The van der Waals surface area contributed by atoms with Gasteiger partial charge in [0, 0.05) is 0 Å². The molecule has 0 bridgehead atoms. The Balaban J connectivity index is 5.14. The summed E-state index contributed by atoms with van der Waals surface area (Å²) in [6.45, 7) is 3.69. The van der Waals surface area contributed by atoms with E-state index in [-0.39, 0.29) is 18.8 Å². The van der Waals surface area contributed by atoms with E-state index in [9.17, 15) is 9.59 Å². The molecule has 0 aliphatic carbocycles. The summed E-state index contributed by atoms with van der Waals surface area (Å²) in [7, 11) is 0. The second-order valence-corrected chi connectivity index (χ2v) is 3.94. The van der Waals surface area contributed by atoms with Crippen LogP contribution < -0.4 is 0 Å². The van der Waals surface area contributed by atoms with Gasteiger partial charge in [0.25, 0.3) is 0 Å². The maximum atomic E-state index is 11.7. The average Bonchev–Trinajstić information content (AvgIpc) is 2.28. The molecule has 0 atom stereocenters. The predicted molar refractivity (Wildman–Crippen MR) is 65.9 cm³/mol. The van der Waals surface area contributed by atoms with E-state index in [1.54, 1.807) is 13.8 Å². The second kappa shape index (κ2) is 8.39. The van der Waals surface area contributed by atoms with Crippen LogP contribution in [0, 0.1) is 0 Å². The fourth-order valence-corrected chi connectivity index (χ4v) is 1.05. The van der Waals surface area contributed by atoms with Crippen LogP contribution in [0.5, 0.6) is 0 Å². The van der Waals surface area contributed by atoms with Crippen LogP contribution in [0.1, 0.15) is 13.8 Å². The molecule has 0 saturated carbocycles. The first-order chi connectivity index (χ1) is 7.95. The summed E-state index contributed by atoms with van der Waals surface area (Å²) in [5, 5.41) is -0.465. The largest absolute Gasteiger partial charge is 0.500 e. The van der Waals surface area contributed by atoms with Gasteiger partial charge in [-0.3, -0.25) is 4.79 Å². The summed E-state index contributed by atoms with van der Waals surface area (Å²) in [6.07, 6.45) is 0.972. The minimum absolute atomic E-state index is 0.117. The molecular formula is C10H11Cl3O4. The van der Waals surface area contributed by atoms with Crippen LogP contribution in [0.2, 0.25) is 0 Å². The number of esters is 1. The lowest BCUT2D eigenvalue weighted by molar-refractivity contribution is -0.139. The highest BCUT2D eigenvalue weighted by molar-refractivity contribution is 6.64. The Labute approximate surface area is 114 Å². The van der Waals surface area contributed by atoms with Crippen LogP contribution in [-0.2, 0) is 19.1 Å². The van der Waals surface area contributed by atoms with E-state index in [0.717, 1.165) is 6.26 Å². The lowest BCUT2D eigenvalue weighted by Gasteiger charge is -2.05. The normalized spacial score (nSPS) is 10.8. The molecule has 0 spiro atoms. The number of ketones is 1. The number of carbonyl (C=O) groups is 2. The molecule has 0 aromatic carbocycles. The third kappa shape index (κ3) is 5.44. The Morgan fingerprint density at radius 1 is 1.12 bits per heavy atom. The topological polar surface area (TPSA) is 52.6 Å². The summed E-state index contributed by atoms with van der Waals surface area (Å²) < 4.78 is 9.11. The van der Waals surface area contributed by atoms with Crippen molar-refractivity contribution in [2.45, 2.75) is 13.8 Å². The van der Waals surface area contributed by atoms with E-state index in [0.29, 0.717) is 0 Å². The molecule has 0 rings (SSSR count). The Morgan fingerprint density at radius 3 is 2.12 bits per heavy atom. The Bertz CT molecular complexity index is 357. The summed E-state index contributed by atoms with van der Waals surface area (Å²) >= 11 is 16.3. The summed E-state index contributed by atoms with van der Waals surface area (Å²) in [5.41, 5.74) is -0.363. The number of hydrogen-bond acceptors (Lipinski definition) is 4. The number of ether oxygens (including phenoxy) is 2. The molecule has 17 heavy (non-hydrogen) atoms.